The molecule has 0 radical (unpaired) electrons. The van der Waals surface area contributed by atoms with E-state index in [0.717, 1.165) is 36.5 Å². The molecule has 0 unspecified atom stereocenters. The zero-order chi connectivity index (χ0) is 15.8. The van der Waals surface area contributed by atoms with Crippen LogP contribution in [0.3, 0.4) is 0 Å². The Morgan fingerprint density at radius 2 is 2.22 bits per heavy atom. The summed E-state index contributed by atoms with van der Waals surface area (Å²) < 4.78 is 1.22. The second-order valence-corrected chi connectivity index (χ2v) is 7.14. The van der Waals surface area contributed by atoms with Crippen LogP contribution in [0.4, 0.5) is 5.69 Å². The van der Waals surface area contributed by atoms with Gasteiger partial charge in [-0.05, 0) is 25.0 Å². The van der Waals surface area contributed by atoms with E-state index in [1.807, 2.05) is 18.2 Å². The Hall–Kier alpha value is -1.92. The third kappa shape index (κ3) is 2.72. The molecule has 0 aliphatic carbocycles. The number of rotatable bonds is 2. The number of aromatic amines is 1. The standard InChI is InChI=1S/C16H15ClN4OS/c17-14-12(8-18-20-15(14)22)21-7-3-4-10(9-21)16-19-11-5-1-2-6-13(11)23-16/h1-2,5-6,8,10H,3-4,7,9H2,(H,20,22)/t10-/m1/s1. The first kappa shape index (κ1) is 14.7. The van der Waals surface area contributed by atoms with Gasteiger partial charge < -0.3 is 4.90 Å². The van der Waals surface area contributed by atoms with Crippen molar-refractivity contribution in [3.8, 4) is 0 Å². The molecule has 5 nitrogen and oxygen atoms in total. The molecule has 1 saturated heterocycles. The molecule has 3 aromatic rings. The number of benzene rings is 1. The fourth-order valence-corrected chi connectivity index (χ4v) is 4.36. The maximum Gasteiger partial charge on any atom is 0.285 e. The fraction of sp³-hybridized carbons (Fsp3) is 0.312. The van der Waals surface area contributed by atoms with E-state index in [1.165, 1.54) is 4.70 Å². The molecule has 0 spiro atoms. The Bertz CT molecular complexity index is 873. The summed E-state index contributed by atoms with van der Waals surface area (Å²) in [7, 11) is 0. The van der Waals surface area contributed by atoms with Crippen LogP contribution in [0, 0.1) is 0 Å². The Morgan fingerprint density at radius 3 is 3.09 bits per heavy atom. The topological polar surface area (TPSA) is 61.9 Å². The molecule has 0 bridgehead atoms. The number of hydrogen-bond donors (Lipinski definition) is 1. The minimum absolute atomic E-state index is 0.213. The summed E-state index contributed by atoms with van der Waals surface area (Å²) in [5.41, 5.74) is 1.42. The van der Waals surface area contributed by atoms with E-state index in [1.54, 1.807) is 17.5 Å². The van der Waals surface area contributed by atoms with Crippen LogP contribution in [-0.4, -0.2) is 28.3 Å². The maximum atomic E-state index is 11.7. The molecular formula is C16H15ClN4OS. The van der Waals surface area contributed by atoms with E-state index in [9.17, 15) is 4.79 Å². The summed E-state index contributed by atoms with van der Waals surface area (Å²) in [5, 5.41) is 7.61. The van der Waals surface area contributed by atoms with E-state index in [0.29, 0.717) is 11.6 Å². The molecule has 0 amide bonds. The van der Waals surface area contributed by atoms with Crippen LogP contribution >= 0.6 is 22.9 Å². The van der Waals surface area contributed by atoms with Crippen LogP contribution in [-0.2, 0) is 0 Å². The fourth-order valence-electron chi connectivity index (χ4n) is 3.06. The predicted octanol–water partition coefficient (Wildman–Crippen LogP) is 3.42. The highest BCUT2D eigenvalue weighted by molar-refractivity contribution is 7.18. The number of aromatic nitrogens is 3. The van der Waals surface area contributed by atoms with E-state index in [2.05, 4.69) is 21.2 Å². The predicted molar refractivity (Wildman–Crippen MR) is 93.7 cm³/mol. The lowest BCUT2D eigenvalue weighted by atomic mass is 9.98. The second-order valence-electron chi connectivity index (χ2n) is 5.70. The van der Waals surface area contributed by atoms with Gasteiger partial charge in [-0.15, -0.1) is 11.3 Å². The highest BCUT2D eigenvalue weighted by atomic mass is 35.5. The number of fused-ring (bicyclic) bond motifs is 1. The molecule has 118 valence electrons. The number of H-pyrrole nitrogens is 1. The van der Waals surface area contributed by atoms with Gasteiger partial charge in [0.15, 0.2) is 0 Å². The average molecular weight is 347 g/mol. The number of halogens is 1. The monoisotopic (exact) mass is 346 g/mol. The van der Waals surface area contributed by atoms with Crippen LogP contribution in [0.25, 0.3) is 10.2 Å². The van der Waals surface area contributed by atoms with E-state index in [4.69, 9.17) is 16.6 Å². The number of nitrogens with one attached hydrogen (secondary N) is 1. The minimum atomic E-state index is -0.341. The van der Waals surface area contributed by atoms with Crippen LogP contribution in [0.15, 0.2) is 35.3 Å². The molecule has 1 fully saturated rings. The van der Waals surface area contributed by atoms with Crippen molar-refractivity contribution in [2.24, 2.45) is 0 Å². The van der Waals surface area contributed by atoms with Crippen molar-refractivity contribution in [1.29, 1.82) is 0 Å². The molecule has 1 aliphatic heterocycles. The van der Waals surface area contributed by atoms with Crippen LogP contribution in [0.5, 0.6) is 0 Å². The van der Waals surface area contributed by atoms with Crippen LogP contribution in [0.1, 0.15) is 23.8 Å². The van der Waals surface area contributed by atoms with Gasteiger partial charge in [0.25, 0.3) is 5.56 Å². The number of piperidine rings is 1. The lowest BCUT2D eigenvalue weighted by molar-refractivity contribution is 0.508. The van der Waals surface area contributed by atoms with Gasteiger partial charge in [-0.3, -0.25) is 4.79 Å². The van der Waals surface area contributed by atoms with Gasteiger partial charge in [0, 0.05) is 19.0 Å². The number of hydrogen-bond acceptors (Lipinski definition) is 5. The van der Waals surface area contributed by atoms with Crippen molar-refractivity contribution in [3.05, 3.63) is 50.8 Å². The first-order valence-corrected chi connectivity index (χ1v) is 8.75. The lowest BCUT2D eigenvalue weighted by Gasteiger charge is -2.33. The average Bonchev–Trinajstić information content (AvgIpc) is 3.02. The smallest absolute Gasteiger partial charge is 0.285 e. The zero-order valence-electron chi connectivity index (χ0n) is 12.3. The van der Waals surface area contributed by atoms with Gasteiger partial charge >= 0.3 is 0 Å². The van der Waals surface area contributed by atoms with Gasteiger partial charge in [0.05, 0.1) is 27.1 Å². The Labute approximate surface area is 141 Å². The number of para-hydroxylation sites is 1. The van der Waals surface area contributed by atoms with E-state index >= 15 is 0 Å². The summed E-state index contributed by atoms with van der Waals surface area (Å²) in [5.74, 6) is 0.358. The van der Waals surface area contributed by atoms with Gasteiger partial charge in [0.2, 0.25) is 0 Å². The molecule has 1 N–H and O–H groups in total. The van der Waals surface area contributed by atoms with Crippen LogP contribution in [0.2, 0.25) is 5.02 Å². The molecule has 2 aromatic heterocycles. The largest absolute Gasteiger partial charge is 0.368 e. The van der Waals surface area contributed by atoms with Gasteiger partial charge in [-0.1, -0.05) is 23.7 Å². The highest BCUT2D eigenvalue weighted by Crippen LogP contribution is 2.35. The molecular weight excluding hydrogens is 332 g/mol. The minimum Gasteiger partial charge on any atom is -0.368 e. The van der Waals surface area contributed by atoms with Crippen molar-refractivity contribution in [1.82, 2.24) is 15.2 Å². The van der Waals surface area contributed by atoms with Crippen molar-refractivity contribution < 1.29 is 0 Å². The van der Waals surface area contributed by atoms with Crippen molar-refractivity contribution in [2.45, 2.75) is 18.8 Å². The first-order chi connectivity index (χ1) is 11.2. The Kier molecular flexibility index (Phi) is 3.79. The lowest BCUT2D eigenvalue weighted by Crippen LogP contribution is -2.35. The number of anilines is 1. The van der Waals surface area contributed by atoms with Gasteiger partial charge in [-0.2, -0.15) is 5.10 Å². The molecule has 23 heavy (non-hydrogen) atoms. The number of nitrogens with zero attached hydrogens (tertiary/aromatic N) is 3. The SMILES string of the molecule is O=c1[nH]ncc(N2CCC[C@@H](c3nc4ccccc4s3)C2)c1Cl. The molecule has 1 aromatic carbocycles. The third-order valence-electron chi connectivity index (χ3n) is 4.20. The Morgan fingerprint density at radius 1 is 1.35 bits per heavy atom. The van der Waals surface area contributed by atoms with Gasteiger partial charge in [-0.25, -0.2) is 10.1 Å². The molecule has 0 saturated carbocycles. The van der Waals surface area contributed by atoms with E-state index in [-0.39, 0.29) is 10.6 Å². The quantitative estimate of drug-likeness (QED) is 0.772. The summed E-state index contributed by atoms with van der Waals surface area (Å²) in [4.78, 5) is 18.6. The van der Waals surface area contributed by atoms with Gasteiger partial charge in [0.1, 0.15) is 5.02 Å². The summed E-state index contributed by atoms with van der Waals surface area (Å²) in [6, 6.07) is 8.21. The van der Waals surface area contributed by atoms with Crippen LogP contribution < -0.4 is 10.5 Å². The summed E-state index contributed by atoms with van der Waals surface area (Å²) in [6.45, 7) is 1.69. The second kappa shape index (κ2) is 5.94. The zero-order valence-corrected chi connectivity index (χ0v) is 13.9. The molecule has 3 heterocycles. The normalized spacial score (nSPS) is 18.5. The van der Waals surface area contributed by atoms with E-state index < -0.39 is 0 Å². The van der Waals surface area contributed by atoms with Crippen molar-refractivity contribution in [3.63, 3.8) is 0 Å². The molecule has 4 rings (SSSR count). The molecule has 1 aliphatic rings. The summed E-state index contributed by atoms with van der Waals surface area (Å²) >= 11 is 7.90. The number of thiazole rings is 1. The van der Waals surface area contributed by atoms with Crippen molar-refractivity contribution >= 4 is 38.8 Å². The maximum absolute atomic E-state index is 11.7. The summed E-state index contributed by atoms with van der Waals surface area (Å²) in [6.07, 6.45) is 3.78. The third-order valence-corrected chi connectivity index (χ3v) is 5.76. The first-order valence-electron chi connectivity index (χ1n) is 7.56. The molecule has 1 atom stereocenters. The molecule has 7 heteroatoms. The van der Waals surface area contributed by atoms with Crippen molar-refractivity contribution in [2.75, 3.05) is 18.0 Å². The Balaban J connectivity index is 1.64. The highest BCUT2D eigenvalue weighted by Gasteiger charge is 2.26.